The molecule has 2 N–H and O–H groups in total. The van der Waals surface area contributed by atoms with E-state index in [9.17, 15) is 9.59 Å². The van der Waals surface area contributed by atoms with Crippen LogP contribution < -0.4 is 10.6 Å². The first kappa shape index (κ1) is 19.8. The van der Waals surface area contributed by atoms with Crippen molar-refractivity contribution in [1.82, 2.24) is 10.6 Å². The van der Waals surface area contributed by atoms with Crippen LogP contribution in [0.15, 0.2) is 54.6 Å². The molecule has 0 saturated carbocycles. The summed E-state index contributed by atoms with van der Waals surface area (Å²) < 4.78 is 0. The molecule has 1 unspecified atom stereocenters. The van der Waals surface area contributed by atoms with Gasteiger partial charge in [0.25, 0.3) is 5.91 Å². The molecule has 0 aromatic heterocycles. The predicted molar refractivity (Wildman–Crippen MR) is 104 cm³/mol. The van der Waals surface area contributed by atoms with Gasteiger partial charge in [-0.2, -0.15) is 17.0 Å². The highest BCUT2D eigenvalue weighted by Crippen LogP contribution is 2.21. The van der Waals surface area contributed by atoms with Crippen LogP contribution in [0.25, 0.3) is 0 Å². The summed E-state index contributed by atoms with van der Waals surface area (Å²) in [5, 5.41) is 14.5. The third-order valence-electron chi connectivity index (χ3n) is 3.50. The van der Waals surface area contributed by atoms with Crippen LogP contribution in [0.5, 0.6) is 0 Å². The fourth-order valence-corrected chi connectivity index (χ4v) is 3.51. The van der Waals surface area contributed by atoms with E-state index in [1.807, 2.05) is 36.4 Å². The number of carbonyl (C=O) groups is 2. The van der Waals surface area contributed by atoms with Crippen LogP contribution in [-0.2, 0) is 10.5 Å². The largest absolute Gasteiger partial charge is 0.341 e. The maximum atomic E-state index is 12.3. The van der Waals surface area contributed by atoms with E-state index in [4.69, 9.17) is 16.9 Å². The first-order valence-corrected chi connectivity index (χ1v) is 9.47. The van der Waals surface area contributed by atoms with E-state index in [0.29, 0.717) is 22.1 Å². The standard InChI is InChI=1S/C19H18ClN3O2S/c20-16-9-5-4-8-15(16)12-26-13-17(19(25)22-11-10-21)23-18(24)14-6-2-1-3-7-14/h1-9,17H,11-13H2,(H,22,25)(H,23,24). The van der Waals surface area contributed by atoms with E-state index in [1.54, 1.807) is 24.3 Å². The molecule has 1 atom stereocenters. The van der Waals surface area contributed by atoms with Crippen molar-refractivity contribution in [2.75, 3.05) is 12.3 Å². The highest BCUT2D eigenvalue weighted by molar-refractivity contribution is 7.98. The number of halogens is 1. The number of rotatable bonds is 8. The van der Waals surface area contributed by atoms with Gasteiger partial charge in [-0.25, -0.2) is 0 Å². The lowest BCUT2D eigenvalue weighted by molar-refractivity contribution is -0.122. The van der Waals surface area contributed by atoms with Gasteiger partial charge in [0.2, 0.25) is 5.91 Å². The van der Waals surface area contributed by atoms with Crippen molar-refractivity contribution in [3.63, 3.8) is 0 Å². The number of hydrogen-bond acceptors (Lipinski definition) is 4. The Bertz CT molecular complexity index is 793. The normalized spacial score (nSPS) is 11.2. The summed E-state index contributed by atoms with van der Waals surface area (Å²) >= 11 is 7.62. The quantitative estimate of drug-likeness (QED) is 0.682. The van der Waals surface area contributed by atoms with Gasteiger partial charge in [-0.15, -0.1) is 0 Å². The van der Waals surface area contributed by atoms with Gasteiger partial charge in [-0.3, -0.25) is 9.59 Å². The van der Waals surface area contributed by atoms with Gasteiger partial charge in [0, 0.05) is 22.1 Å². The van der Waals surface area contributed by atoms with Crippen molar-refractivity contribution in [2.45, 2.75) is 11.8 Å². The van der Waals surface area contributed by atoms with Gasteiger partial charge in [0.05, 0.1) is 6.07 Å². The molecular weight excluding hydrogens is 370 g/mol. The Kier molecular flexibility index (Phi) is 8.00. The van der Waals surface area contributed by atoms with Gasteiger partial charge in [-0.05, 0) is 23.8 Å². The Labute approximate surface area is 161 Å². The number of benzene rings is 2. The summed E-state index contributed by atoms with van der Waals surface area (Å²) in [7, 11) is 0. The Morgan fingerprint density at radius 2 is 1.81 bits per heavy atom. The van der Waals surface area contributed by atoms with Crippen LogP contribution in [-0.4, -0.2) is 30.2 Å². The molecule has 134 valence electrons. The number of nitriles is 1. The van der Waals surface area contributed by atoms with Crippen molar-refractivity contribution in [3.05, 3.63) is 70.7 Å². The fourth-order valence-electron chi connectivity index (χ4n) is 2.17. The molecule has 26 heavy (non-hydrogen) atoms. The maximum absolute atomic E-state index is 12.3. The minimum atomic E-state index is -0.747. The minimum Gasteiger partial charge on any atom is -0.341 e. The lowest BCUT2D eigenvalue weighted by Gasteiger charge is -2.17. The van der Waals surface area contributed by atoms with Crippen molar-refractivity contribution in [3.8, 4) is 6.07 Å². The van der Waals surface area contributed by atoms with E-state index in [-0.39, 0.29) is 18.4 Å². The zero-order valence-electron chi connectivity index (χ0n) is 13.9. The second-order valence-electron chi connectivity index (χ2n) is 5.37. The summed E-state index contributed by atoms with van der Waals surface area (Å²) in [6, 6.07) is 17.3. The Morgan fingerprint density at radius 1 is 1.12 bits per heavy atom. The third kappa shape index (κ3) is 6.10. The Morgan fingerprint density at radius 3 is 2.50 bits per heavy atom. The number of hydrogen-bond donors (Lipinski definition) is 2. The summed E-state index contributed by atoms with van der Waals surface area (Å²) in [5.74, 6) is 0.257. The predicted octanol–water partition coefficient (Wildman–Crippen LogP) is 3.01. The molecule has 2 aromatic rings. The highest BCUT2D eigenvalue weighted by atomic mass is 35.5. The molecule has 0 bridgehead atoms. The molecule has 0 fully saturated rings. The van der Waals surface area contributed by atoms with Gasteiger partial charge in [-0.1, -0.05) is 48.0 Å². The molecule has 0 aliphatic heterocycles. The molecule has 5 nitrogen and oxygen atoms in total. The van der Waals surface area contributed by atoms with Crippen LogP contribution in [0.1, 0.15) is 15.9 Å². The molecule has 2 amide bonds. The second kappa shape index (κ2) is 10.5. The van der Waals surface area contributed by atoms with Crippen LogP contribution in [0.3, 0.4) is 0 Å². The van der Waals surface area contributed by atoms with Crippen molar-refractivity contribution >= 4 is 35.2 Å². The summed E-state index contributed by atoms with van der Waals surface area (Å²) in [4.78, 5) is 24.6. The van der Waals surface area contributed by atoms with Crippen LogP contribution in [0.2, 0.25) is 5.02 Å². The summed E-state index contributed by atoms with van der Waals surface area (Å²) in [6.45, 7) is -0.105. The van der Waals surface area contributed by atoms with E-state index >= 15 is 0 Å². The zero-order valence-corrected chi connectivity index (χ0v) is 15.5. The summed E-state index contributed by atoms with van der Waals surface area (Å²) in [6.07, 6.45) is 0. The minimum absolute atomic E-state index is 0.105. The topological polar surface area (TPSA) is 82.0 Å². The fraction of sp³-hybridized carbons (Fsp3) is 0.211. The number of nitrogens with one attached hydrogen (secondary N) is 2. The van der Waals surface area contributed by atoms with Crippen molar-refractivity contribution in [1.29, 1.82) is 5.26 Å². The number of thioether (sulfide) groups is 1. The molecule has 0 aliphatic carbocycles. The zero-order chi connectivity index (χ0) is 18.8. The lowest BCUT2D eigenvalue weighted by atomic mass is 10.2. The first-order valence-electron chi connectivity index (χ1n) is 7.93. The molecule has 2 aromatic carbocycles. The number of carbonyl (C=O) groups excluding carboxylic acids is 2. The maximum Gasteiger partial charge on any atom is 0.251 e. The monoisotopic (exact) mass is 387 g/mol. The SMILES string of the molecule is N#CCNC(=O)C(CSCc1ccccc1Cl)NC(=O)c1ccccc1. The first-order chi connectivity index (χ1) is 12.6. The van der Waals surface area contributed by atoms with Crippen LogP contribution in [0, 0.1) is 11.3 Å². The van der Waals surface area contributed by atoms with Gasteiger partial charge in [0.15, 0.2) is 0 Å². The third-order valence-corrected chi connectivity index (χ3v) is 4.95. The van der Waals surface area contributed by atoms with Crippen molar-refractivity contribution in [2.24, 2.45) is 0 Å². The Balaban J connectivity index is 1.99. The molecule has 0 radical (unpaired) electrons. The second-order valence-corrected chi connectivity index (χ2v) is 6.81. The average Bonchev–Trinajstić information content (AvgIpc) is 2.67. The smallest absolute Gasteiger partial charge is 0.251 e. The molecule has 2 rings (SSSR count). The van der Waals surface area contributed by atoms with E-state index in [1.165, 1.54) is 11.8 Å². The number of nitrogens with zero attached hydrogens (tertiary/aromatic N) is 1. The average molecular weight is 388 g/mol. The molecule has 7 heteroatoms. The molecule has 0 aliphatic rings. The lowest BCUT2D eigenvalue weighted by Crippen LogP contribution is -2.48. The Hall–Kier alpha value is -2.49. The van der Waals surface area contributed by atoms with E-state index in [0.717, 1.165) is 5.56 Å². The van der Waals surface area contributed by atoms with Gasteiger partial charge < -0.3 is 10.6 Å². The van der Waals surface area contributed by atoms with Crippen molar-refractivity contribution < 1.29 is 9.59 Å². The number of amides is 2. The molecular formula is C19H18ClN3O2S. The molecule has 0 saturated heterocycles. The summed E-state index contributed by atoms with van der Waals surface area (Å²) in [5.41, 5.74) is 1.44. The highest BCUT2D eigenvalue weighted by Gasteiger charge is 2.21. The molecule has 0 heterocycles. The van der Waals surface area contributed by atoms with E-state index < -0.39 is 6.04 Å². The van der Waals surface area contributed by atoms with Gasteiger partial charge >= 0.3 is 0 Å². The van der Waals surface area contributed by atoms with Gasteiger partial charge in [0.1, 0.15) is 12.6 Å². The van der Waals surface area contributed by atoms with Crippen LogP contribution >= 0.6 is 23.4 Å². The molecule has 0 spiro atoms. The van der Waals surface area contributed by atoms with E-state index in [2.05, 4.69) is 10.6 Å². The van der Waals surface area contributed by atoms with Crippen LogP contribution in [0.4, 0.5) is 0 Å².